The zero-order valence-corrected chi connectivity index (χ0v) is 12.4. The molecule has 2 rings (SSSR count). The second kappa shape index (κ2) is 7.34. The van der Waals surface area contributed by atoms with Crippen LogP contribution >= 0.6 is 0 Å². The molecular formula is C17H17N3O2. The molecule has 0 N–H and O–H groups in total. The lowest BCUT2D eigenvalue weighted by Gasteiger charge is -2.20. The molecule has 2 aromatic rings. The minimum absolute atomic E-state index is 0.153. The number of benzene rings is 2. The number of nitrogens with zero attached hydrogens (tertiary/aromatic N) is 3. The van der Waals surface area contributed by atoms with Crippen LogP contribution in [0.15, 0.2) is 48.5 Å². The van der Waals surface area contributed by atoms with E-state index in [2.05, 4.69) is 11.0 Å². The third-order valence-corrected chi connectivity index (χ3v) is 3.52. The van der Waals surface area contributed by atoms with Crippen molar-refractivity contribution in [2.45, 2.75) is 20.0 Å². The fraction of sp³-hybridized carbons (Fsp3) is 0.235. The minimum Gasteiger partial charge on any atom is -0.295 e. The molecule has 0 aromatic heterocycles. The van der Waals surface area contributed by atoms with Crippen LogP contribution in [-0.4, -0.2) is 16.4 Å². The Balaban J connectivity index is 2.12. The van der Waals surface area contributed by atoms with Gasteiger partial charge in [-0.2, -0.15) is 5.26 Å². The van der Waals surface area contributed by atoms with Crippen molar-refractivity contribution in [1.29, 1.82) is 5.26 Å². The highest BCUT2D eigenvalue weighted by Crippen LogP contribution is 2.20. The number of nitro benzene ring substituents is 1. The van der Waals surface area contributed by atoms with E-state index in [1.807, 2.05) is 25.1 Å². The molecule has 5 nitrogen and oxygen atoms in total. The lowest BCUT2D eigenvalue weighted by atomic mass is 10.1. The summed E-state index contributed by atoms with van der Waals surface area (Å²) in [6.45, 7) is 4.02. The number of para-hydroxylation sites is 1. The standard InChI is InChI=1S/C17H17N3O2/c1-2-19(12-15-9-7-14(11-18)8-10-15)13-16-5-3-4-6-17(16)20(21)22/h3-10H,2,12-13H2,1H3. The highest BCUT2D eigenvalue weighted by molar-refractivity contribution is 5.39. The SMILES string of the molecule is CCN(Cc1ccc(C#N)cc1)Cc1ccccc1[N+](=O)[O-]. The number of hydrogen-bond acceptors (Lipinski definition) is 4. The molecule has 0 amide bonds. The Morgan fingerprint density at radius 2 is 1.82 bits per heavy atom. The zero-order valence-electron chi connectivity index (χ0n) is 12.4. The number of nitriles is 1. The van der Waals surface area contributed by atoms with Crippen molar-refractivity contribution in [3.05, 3.63) is 75.3 Å². The molecule has 112 valence electrons. The van der Waals surface area contributed by atoms with E-state index in [0.717, 1.165) is 12.1 Å². The van der Waals surface area contributed by atoms with Crippen molar-refractivity contribution in [3.8, 4) is 6.07 Å². The van der Waals surface area contributed by atoms with E-state index in [1.165, 1.54) is 6.07 Å². The van der Waals surface area contributed by atoms with Crippen LogP contribution in [-0.2, 0) is 13.1 Å². The number of hydrogen-bond donors (Lipinski definition) is 0. The van der Waals surface area contributed by atoms with Gasteiger partial charge in [0.2, 0.25) is 0 Å². The van der Waals surface area contributed by atoms with Crippen LogP contribution in [0.3, 0.4) is 0 Å². The van der Waals surface area contributed by atoms with Crippen molar-refractivity contribution >= 4 is 5.69 Å². The van der Waals surface area contributed by atoms with Crippen LogP contribution in [0.4, 0.5) is 5.69 Å². The van der Waals surface area contributed by atoms with E-state index >= 15 is 0 Å². The van der Waals surface area contributed by atoms with E-state index in [4.69, 9.17) is 5.26 Å². The Labute approximate surface area is 129 Å². The molecule has 2 aromatic carbocycles. The summed E-state index contributed by atoms with van der Waals surface area (Å²) in [5.41, 5.74) is 2.58. The minimum atomic E-state index is -0.342. The van der Waals surface area contributed by atoms with Gasteiger partial charge in [-0.15, -0.1) is 0 Å². The molecule has 0 heterocycles. The predicted molar refractivity (Wildman–Crippen MR) is 84.0 cm³/mol. The Morgan fingerprint density at radius 3 is 2.41 bits per heavy atom. The highest BCUT2D eigenvalue weighted by Gasteiger charge is 2.15. The van der Waals surface area contributed by atoms with E-state index in [0.29, 0.717) is 24.2 Å². The lowest BCUT2D eigenvalue weighted by Crippen LogP contribution is -2.22. The highest BCUT2D eigenvalue weighted by atomic mass is 16.6. The molecule has 0 aliphatic heterocycles. The van der Waals surface area contributed by atoms with Crippen molar-refractivity contribution in [3.63, 3.8) is 0 Å². The Hall–Kier alpha value is -2.71. The Kier molecular flexibility index (Phi) is 5.23. The molecule has 0 saturated heterocycles. The Bertz CT molecular complexity index is 690. The summed E-state index contributed by atoms with van der Waals surface area (Å²) < 4.78 is 0. The zero-order chi connectivity index (χ0) is 15.9. The second-order valence-electron chi connectivity index (χ2n) is 5.00. The van der Waals surface area contributed by atoms with Gasteiger partial charge >= 0.3 is 0 Å². The quantitative estimate of drug-likeness (QED) is 0.604. The Morgan fingerprint density at radius 1 is 1.14 bits per heavy atom. The summed E-state index contributed by atoms with van der Waals surface area (Å²) >= 11 is 0. The van der Waals surface area contributed by atoms with Gasteiger partial charge in [0.1, 0.15) is 0 Å². The van der Waals surface area contributed by atoms with Gasteiger partial charge in [0.15, 0.2) is 0 Å². The molecule has 0 spiro atoms. The smallest absolute Gasteiger partial charge is 0.273 e. The van der Waals surface area contributed by atoms with Gasteiger partial charge in [-0.3, -0.25) is 15.0 Å². The summed E-state index contributed by atoms with van der Waals surface area (Å²) in [7, 11) is 0. The van der Waals surface area contributed by atoms with Crippen molar-refractivity contribution in [2.24, 2.45) is 0 Å². The van der Waals surface area contributed by atoms with E-state index < -0.39 is 0 Å². The summed E-state index contributed by atoms with van der Waals surface area (Å²) in [5.74, 6) is 0. The maximum atomic E-state index is 11.1. The molecule has 0 aliphatic carbocycles. The summed E-state index contributed by atoms with van der Waals surface area (Å²) in [5, 5.41) is 19.9. The first kappa shape index (κ1) is 15.7. The van der Waals surface area contributed by atoms with E-state index in [-0.39, 0.29) is 10.6 Å². The topological polar surface area (TPSA) is 70.2 Å². The van der Waals surface area contributed by atoms with Crippen LogP contribution in [0, 0.1) is 21.4 Å². The molecule has 0 atom stereocenters. The molecule has 0 fully saturated rings. The first-order chi connectivity index (χ1) is 10.6. The summed E-state index contributed by atoms with van der Waals surface area (Å²) in [6, 6.07) is 16.3. The van der Waals surface area contributed by atoms with Crippen molar-refractivity contribution in [1.82, 2.24) is 4.90 Å². The van der Waals surface area contributed by atoms with Crippen LogP contribution in [0.2, 0.25) is 0 Å². The van der Waals surface area contributed by atoms with Gasteiger partial charge in [-0.1, -0.05) is 37.3 Å². The van der Waals surface area contributed by atoms with Gasteiger partial charge in [-0.25, -0.2) is 0 Å². The average molecular weight is 295 g/mol. The fourth-order valence-electron chi connectivity index (χ4n) is 2.29. The third kappa shape index (κ3) is 3.90. The average Bonchev–Trinajstić information content (AvgIpc) is 2.55. The normalized spacial score (nSPS) is 10.4. The first-order valence-electron chi connectivity index (χ1n) is 7.07. The summed E-state index contributed by atoms with van der Waals surface area (Å²) in [4.78, 5) is 12.9. The van der Waals surface area contributed by atoms with Gasteiger partial charge in [-0.05, 0) is 24.2 Å². The van der Waals surface area contributed by atoms with Gasteiger partial charge in [0, 0.05) is 24.7 Å². The fourth-order valence-corrected chi connectivity index (χ4v) is 2.29. The van der Waals surface area contributed by atoms with Crippen molar-refractivity contribution < 1.29 is 4.92 Å². The maximum absolute atomic E-state index is 11.1. The maximum Gasteiger partial charge on any atom is 0.273 e. The van der Waals surface area contributed by atoms with Gasteiger partial charge < -0.3 is 0 Å². The lowest BCUT2D eigenvalue weighted by molar-refractivity contribution is -0.385. The number of rotatable bonds is 6. The van der Waals surface area contributed by atoms with Crippen molar-refractivity contribution in [2.75, 3.05) is 6.54 Å². The van der Waals surface area contributed by atoms with Crippen LogP contribution < -0.4 is 0 Å². The van der Waals surface area contributed by atoms with Gasteiger partial charge in [0.05, 0.1) is 16.6 Å². The van der Waals surface area contributed by atoms with Crippen LogP contribution in [0.1, 0.15) is 23.6 Å². The first-order valence-corrected chi connectivity index (χ1v) is 7.07. The predicted octanol–water partition coefficient (Wildman–Crippen LogP) is 3.49. The molecular weight excluding hydrogens is 278 g/mol. The second-order valence-corrected chi connectivity index (χ2v) is 5.00. The molecule has 0 radical (unpaired) electrons. The number of nitro groups is 1. The summed E-state index contributed by atoms with van der Waals surface area (Å²) in [6.07, 6.45) is 0. The van der Waals surface area contributed by atoms with Gasteiger partial charge in [0.25, 0.3) is 5.69 Å². The molecule has 0 unspecified atom stereocenters. The van der Waals surface area contributed by atoms with Crippen LogP contribution in [0.25, 0.3) is 0 Å². The molecule has 0 bridgehead atoms. The molecule has 0 aliphatic rings. The molecule has 5 heteroatoms. The molecule has 22 heavy (non-hydrogen) atoms. The monoisotopic (exact) mass is 295 g/mol. The van der Waals surface area contributed by atoms with E-state index in [1.54, 1.807) is 24.3 Å². The molecule has 0 saturated carbocycles. The van der Waals surface area contributed by atoms with Crippen LogP contribution in [0.5, 0.6) is 0 Å². The largest absolute Gasteiger partial charge is 0.295 e. The third-order valence-electron chi connectivity index (χ3n) is 3.52. The van der Waals surface area contributed by atoms with E-state index in [9.17, 15) is 10.1 Å².